The van der Waals surface area contributed by atoms with Gasteiger partial charge in [0.1, 0.15) is 17.1 Å². The Balaban J connectivity index is 1.45. The number of anilines is 1. The fraction of sp³-hybridized carbons (Fsp3) is 0.348. The van der Waals surface area contributed by atoms with Crippen molar-refractivity contribution in [3.8, 4) is 5.75 Å². The Morgan fingerprint density at radius 2 is 1.96 bits per heavy atom. The van der Waals surface area contributed by atoms with Crippen LogP contribution in [-0.4, -0.2) is 12.5 Å². The number of hydrogen-bond donors (Lipinski definition) is 1. The lowest BCUT2D eigenvalue weighted by atomic mass is 9.96. The molecule has 1 heterocycles. The van der Waals surface area contributed by atoms with Gasteiger partial charge in [0.05, 0.1) is 0 Å². The summed E-state index contributed by atoms with van der Waals surface area (Å²) in [5.74, 6) is 2.00. The highest BCUT2D eigenvalue weighted by Crippen LogP contribution is 2.34. The molecule has 4 nitrogen and oxygen atoms in total. The van der Waals surface area contributed by atoms with Gasteiger partial charge in [-0.2, -0.15) is 0 Å². The molecular weight excluding hydrogens is 338 g/mol. The Morgan fingerprint density at radius 1 is 1.15 bits per heavy atom. The molecule has 0 radical (unpaired) electrons. The van der Waals surface area contributed by atoms with Crippen molar-refractivity contribution in [1.82, 2.24) is 0 Å². The smallest absolute Gasteiger partial charge is 0.262 e. The number of nitrogens with one attached hydrogen (secondary N) is 1. The van der Waals surface area contributed by atoms with Gasteiger partial charge in [0.25, 0.3) is 5.91 Å². The minimum atomic E-state index is -0.155. The van der Waals surface area contributed by atoms with Crippen LogP contribution in [0, 0.1) is 0 Å². The van der Waals surface area contributed by atoms with E-state index >= 15 is 0 Å². The average Bonchev–Trinajstić information content (AvgIpc) is 3.04. The summed E-state index contributed by atoms with van der Waals surface area (Å²) in [6.07, 6.45) is 4.45. The first-order chi connectivity index (χ1) is 13.1. The van der Waals surface area contributed by atoms with Gasteiger partial charge in [-0.1, -0.05) is 32.0 Å². The van der Waals surface area contributed by atoms with Crippen molar-refractivity contribution in [2.75, 3.05) is 11.9 Å². The zero-order chi connectivity index (χ0) is 18.8. The normalized spacial score (nSPS) is 13.6. The van der Waals surface area contributed by atoms with Gasteiger partial charge in [0, 0.05) is 23.1 Å². The topological polar surface area (TPSA) is 51.5 Å². The van der Waals surface area contributed by atoms with Gasteiger partial charge in [-0.25, -0.2) is 0 Å². The maximum atomic E-state index is 12.4. The van der Waals surface area contributed by atoms with Crippen molar-refractivity contribution in [2.45, 2.75) is 45.4 Å². The number of rotatable bonds is 5. The molecule has 1 aromatic heterocycles. The molecule has 1 aliphatic carbocycles. The number of benzene rings is 2. The third-order valence-electron chi connectivity index (χ3n) is 5.15. The maximum Gasteiger partial charge on any atom is 0.262 e. The summed E-state index contributed by atoms with van der Waals surface area (Å²) in [7, 11) is 0. The third-order valence-corrected chi connectivity index (χ3v) is 5.15. The summed E-state index contributed by atoms with van der Waals surface area (Å²) in [5, 5.41) is 4.08. The van der Waals surface area contributed by atoms with Gasteiger partial charge in [0.2, 0.25) is 0 Å². The lowest BCUT2D eigenvalue weighted by Gasteiger charge is -2.14. The van der Waals surface area contributed by atoms with Gasteiger partial charge in [-0.15, -0.1) is 0 Å². The van der Waals surface area contributed by atoms with Crippen molar-refractivity contribution >= 4 is 22.6 Å². The molecule has 0 spiro atoms. The fourth-order valence-corrected chi connectivity index (χ4v) is 3.78. The molecule has 4 rings (SSSR count). The number of carbonyl (C=O) groups excluding carboxylic acids is 1. The van der Waals surface area contributed by atoms with E-state index in [1.165, 1.54) is 18.4 Å². The van der Waals surface area contributed by atoms with Gasteiger partial charge in [-0.3, -0.25) is 4.79 Å². The predicted octanol–water partition coefficient (Wildman–Crippen LogP) is 5.45. The minimum Gasteiger partial charge on any atom is -0.484 e. The van der Waals surface area contributed by atoms with Gasteiger partial charge in [-0.05, 0) is 55.0 Å². The number of fused-ring (bicyclic) bond motifs is 3. The summed E-state index contributed by atoms with van der Waals surface area (Å²) < 4.78 is 11.7. The standard InChI is InChI=1S/C23H25NO3/c1-15(2)17-7-3-5-9-20(17)24-23(25)14-26-16-11-12-22-19(13-16)18-8-4-6-10-21(18)27-22/h3,5,7,9,11-13,15H,4,6,8,10,14H2,1-2H3,(H,24,25). The number of ether oxygens (including phenoxy) is 1. The molecule has 0 bridgehead atoms. The van der Waals surface area contributed by atoms with E-state index in [-0.39, 0.29) is 12.5 Å². The van der Waals surface area contributed by atoms with Crippen LogP contribution in [0.4, 0.5) is 5.69 Å². The molecular formula is C23H25NO3. The average molecular weight is 363 g/mol. The molecule has 0 saturated heterocycles. The lowest BCUT2D eigenvalue weighted by Crippen LogP contribution is -2.21. The number of aryl methyl sites for hydroxylation is 2. The molecule has 3 aromatic rings. The van der Waals surface area contributed by atoms with Gasteiger partial charge in [0.15, 0.2) is 6.61 Å². The largest absolute Gasteiger partial charge is 0.484 e. The molecule has 4 heteroatoms. The van der Waals surface area contributed by atoms with Gasteiger partial charge < -0.3 is 14.5 Å². The van der Waals surface area contributed by atoms with Crippen molar-refractivity contribution in [3.05, 3.63) is 59.4 Å². The van der Waals surface area contributed by atoms with Crippen molar-refractivity contribution in [2.24, 2.45) is 0 Å². The lowest BCUT2D eigenvalue weighted by molar-refractivity contribution is -0.118. The first kappa shape index (κ1) is 17.7. The third kappa shape index (κ3) is 3.70. The van der Waals surface area contributed by atoms with Crippen molar-refractivity contribution < 1.29 is 13.9 Å². The molecule has 0 fully saturated rings. The number of carbonyl (C=O) groups is 1. The summed E-state index contributed by atoms with van der Waals surface area (Å²) in [4.78, 5) is 12.4. The molecule has 2 aromatic carbocycles. The van der Waals surface area contributed by atoms with Gasteiger partial charge >= 0.3 is 0 Å². The second-order valence-corrected chi connectivity index (χ2v) is 7.45. The highest BCUT2D eigenvalue weighted by molar-refractivity contribution is 5.93. The van der Waals surface area contributed by atoms with E-state index in [1.54, 1.807) is 0 Å². The summed E-state index contributed by atoms with van der Waals surface area (Å²) in [6.45, 7) is 4.21. The molecule has 0 atom stereocenters. The molecule has 140 valence electrons. The zero-order valence-corrected chi connectivity index (χ0v) is 15.9. The summed E-state index contributed by atoms with van der Waals surface area (Å²) in [6, 6.07) is 13.7. The van der Waals surface area contributed by atoms with Crippen LogP contribution in [0.5, 0.6) is 5.75 Å². The summed E-state index contributed by atoms with van der Waals surface area (Å²) >= 11 is 0. The highest BCUT2D eigenvalue weighted by atomic mass is 16.5. The molecule has 1 aliphatic rings. The van der Waals surface area contributed by atoms with Crippen LogP contribution in [-0.2, 0) is 17.6 Å². The van der Waals surface area contributed by atoms with E-state index in [1.807, 2.05) is 42.5 Å². The molecule has 1 amide bonds. The van der Waals surface area contributed by atoms with E-state index in [4.69, 9.17) is 9.15 Å². The van der Waals surface area contributed by atoms with Crippen LogP contribution in [0.25, 0.3) is 11.0 Å². The van der Waals surface area contributed by atoms with E-state index in [0.29, 0.717) is 11.7 Å². The number of hydrogen-bond acceptors (Lipinski definition) is 3. The van der Waals surface area contributed by atoms with Crippen molar-refractivity contribution in [3.63, 3.8) is 0 Å². The van der Waals surface area contributed by atoms with Crippen LogP contribution >= 0.6 is 0 Å². The van der Waals surface area contributed by atoms with Crippen molar-refractivity contribution in [1.29, 1.82) is 0 Å². The Labute approximate surface area is 159 Å². The van der Waals surface area contributed by atoms with Crippen LogP contribution in [0.3, 0.4) is 0 Å². The second kappa shape index (κ2) is 7.47. The zero-order valence-electron chi connectivity index (χ0n) is 15.9. The minimum absolute atomic E-state index is 0.0159. The Bertz CT molecular complexity index is 971. The van der Waals surface area contributed by atoms with Crippen LogP contribution < -0.4 is 10.1 Å². The number of amides is 1. The van der Waals surface area contributed by atoms with Crippen LogP contribution in [0.1, 0.15) is 49.5 Å². The fourth-order valence-electron chi connectivity index (χ4n) is 3.78. The Morgan fingerprint density at radius 3 is 2.81 bits per heavy atom. The summed E-state index contributed by atoms with van der Waals surface area (Å²) in [5.41, 5.74) is 4.18. The second-order valence-electron chi connectivity index (χ2n) is 7.45. The molecule has 0 aliphatic heterocycles. The monoisotopic (exact) mass is 363 g/mol. The number of para-hydroxylation sites is 1. The SMILES string of the molecule is CC(C)c1ccccc1NC(=O)COc1ccc2oc3c(c2c1)CCCC3. The predicted molar refractivity (Wildman–Crippen MR) is 108 cm³/mol. The van der Waals surface area contributed by atoms with Crippen LogP contribution in [0.15, 0.2) is 46.9 Å². The molecule has 1 N–H and O–H groups in total. The quantitative estimate of drug-likeness (QED) is 0.655. The first-order valence-electron chi connectivity index (χ1n) is 9.67. The number of furan rings is 1. The van der Waals surface area contributed by atoms with E-state index in [9.17, 15) is 4.79 Å². The highest BCUT2D eigenvalue weighted by Gasteiger charge is 2.18. The van der Waals surface area contributed by atoms with E-state index < -0.39 is 0 Å². The first-order valence-corrected chi connectivity index (χ1v) is 9.67. The molecule has 27 heavy (non-hydrogen) atoms. The van der Waals surface area contributed by atoms with E-state index in [0.717, 1.165) is 40.8 Å². The Hall–Kier alpha value is -2.75. The van der Waals surface area contributed by atoms with E-state index in [2.05, 4.69) is 19.2 Å². The molecule has 0 unspecified atom stereocenters. The maximum absolute atomic E-state index is 12.4. The Kier molecular flexibility index (Phi) is 4.88. The van der Waals surface area contributed by atoms with Crippen LogP contribution in [0.2, 0.25) is 0 Å². The molecule has 0 saturated carbocycles.